The molecule has 0 atom stereocenters. The summed E-state index contributed by atoms with van der Waals surface area (Å²) in [6, 6.07) is 7.26. The van der Waals surface area contributed by atoms with Gasteiger partial charge in [0.25, 0.3) is 0 Å². The van der Waals surface area contributed by atoms with E-state index in [0.29, 0.717) is 18.0 Å². The lowest BCUT2D eigenvalue weighted by Crippen LogP contribution is -2.16. The van der Waals surface area contributed by atoms with Crippen molar-refractivity contribution in [2.75, 3.05) is 16.4 Å². The number of aryl methyl sites for hydroxylation is 1. The van der Waals surface area contributed by atoms with Crippen molar-refractivity contribution in [3.63, 3.8) is 0 Å². The molecule has 5 heteroatoms. The zero-order chi connectivity index (χ0) is 12.0. The summed E-state index contributed by atoms with van der Waals surface area (Å²) in [7, 11) is -3.23. The van der Waals surface area contributed by atoms with Crippen molar-refractivity contribution in [3.05, 3.63) is 29.8 Å². The van der Waals surface area contributed by atoms with Crippen LogP contribution >= 0.6 is 11.6 Å². The van der Waals surface area contributed by atoms with Gasteiger partial charge in [0.2, 0.25) is 10.0 Å². The molecule has 0 radical (unpaired) electrons. The number of nitrogens with one attached hydrogen (secondary N) is 1. The maximum absolute atomic E-state index is 11.6. The van der Waals surface area contributed by atoms with E-state index in [1.165, 1.54) is 0 Å². The van der Waals surface area contributed by atoms with Crippen LogP contribution in [0, 0.1) is 6.92 Å². The molecular weight excluding hydrogens is 246 g/mol. The van der Waals surface area contributed by atoms with Crippen LogP contribution in [-0.2, 0) is 10.0 Å². The van der Waals surface area contributed by atoms with Gasteiger partial charge in [-0.05, 0) is 31.9 Å². The Labute approximate surface area is 102 Å². The zero-order valence-corrected chi connectivity index (χ0v) is 10.8. The van der Waals surface area contributed by atoms with E-state index in [4.69, 9.17) is 11.6 Å². The summed E-state index contributed by atoms with van der Waals surface area (Å²) in [5, 5.41) is 0. The average molecular weight is 262 g/mol. The lowest BCUT2D eigenvalue weighted by molar-refractivity contribution is 0.598. The standard InChI is InChI=1S/C11H16ClNO2S/c1-10-4-6-11(7-5-10)13-16(14,15)9-3-2-8-12/h4-7,13H,2-3,8-9H2,1H3. The van der Waals surface area contributed by atoms with E-state index in [2.05, 4.69) is 4.72 Å². The van der Waals surface area contributed by atoms with Crippen molar-refractivity contribution in [1.29, 1.82) is 0 Å². The largest absolute Gasteiger partial charge is 0.284 e. The topological polar surface area (TPSA) is 46.2 Å². The van der Waals surface area contributed by atoms with Gasteiger partial charge in [-0.2, -0.15) is 0 Å². The summed E-state index contributed by atoms with van der Waals surface area (Å²) in [6.07, 6.45) is 1.31. The first kappa shape index (κ1) is 13.3. The Morgan fingerprint density at radius 2 is 1.81 bits per heavy atom. The first-order valence-corrected chi connectivity index (χ1v) is 7.35. The Bertz CT molecular complexity index is 414. The van der Waals surface area contributed by atoms with E-state index in [0.717, 1.165) is 12.0 Å². The normalized spacial score (nSPS) is 11.4. The average Bonchev–Trinajstić information content (AvgIpc) is 2.21. The molecule has 0 unspecified atom stereocenters. The van der Waals surface area contributed by atoms with Gasteiger partial charge in [0, 0.05) is 11.6 Å². The second-order valence-corrected chi connectivity index (χ2v) is 5.90. The van der Waals surface area contributed by atoms with Crippen LogP contribution in [0.25, 0.3) is 0 Å². The molecule has 1 rings (SSSR count). The van der Waals surface area contributed by atoms with Crippen LogP contribution in [0.5, 0.6) is 0 Å². The first-order chi connectivity index (χ1) is 7.53. The van der Waals surface area contributed by atoms with Gasteiger partial charge in [0.15, 0.2) is 0 Å². The summed E-state index contributed by atoms with van der Waals surface area (Å²) in [5.41, 5.74) is 1.71. The van der Waals surface area contributed by atoms with E-state index in [1.807, 2.05) is 19.1 Å². The third-order valence-electron chi connectivity index (χ3n) is 2.12. The molecule has 0 saturated heterocycles. The first-order valence-electron chi connectivity index (χ1n) is 5.16. The van der Waals surface area contributed by atoms with Crippen molar-refractivity contribution >= 4 is 27.3 Å². The lowest BCUT2D eigenvalue weighted by Gasteiger charge is -2.07. The minimum absolute atomic E-state index is 0.119. The molecule has 0 aliphatic heterocycles. The van der Waals surface area contributed by atoms with Gasteiger partial charge >= 0.3 is 0 Å². The molecule has 0 bridgehead atoms. The van der Waals surface area contributed by atoms with Crippen LogP contribution in [0.1, 0.15) is 18.4 Å². The molecule has 0 aromatic heterocycles. The third kappa shape index (κ3) is 4.86. The van der Waals surface area contributed by atoms with Crippen molar-refractivity contribution < 1.29 is 8.42 Å². The number of halogens is 1. The van der Waals surface area contributed by atoms with Gasteiger partial charge in [-0.1, -0.05) is 17.7 Å². The highest BCUT2D eigenvalue weighted by Crippen LogP contribution is 2.11. The molecule has 90 valence electrons. The number of benzene rings is 1. The fourth-order valence-corrected chi connectivity index (χ4v) is 2.61. The molecule has 3 nitrogen and oxygen atoms in total. The SMILES string of the molecule is Cc1ccc(NS(=O)(=O)CCCCCl)cc1. The van der Waals surface area contributed by atoms with E-state index in [-0.39, 0.29) is 5.75 Å². The quantitative estimate of drug-likeness (QED) is 0.632. The maximum atomic E-state index is 11.6. The van der Waals surface area contributed by atoms with E-state index >= 15 is 0 Å². The highest BCUT2D eigenvalue weighted by molar-refractivity contribution is 7.92. The molecule has 0 aliphatic carbocycles. The zero-order valence-electron chi connectivity index (χ0n) is 9.24. The number of rotatable bonds is 6. The maximum Gasteiger partial charge on any atom is 0.232 e. The summed E-state index contributed by atoms with van der Waals surface area (Å²) in [6.45, 7) is 1.96. The second kappa shape index (κ2) is 6.11. The van der Waals surface area contributed by atoms with Crippen molar-refractivity contribution in [1.82, 2.24) is 0 Å². The number of hydrogen-bond donors (Lipinski definition) is 1. The molecule has 0 spiro atoms. The van der Waals surface area contributed by atoms with E-state index in [1.54, 1.807) is 12.1 Å². The summed E-state index contributed by atoms with van der Waals surface area (Å²) in [4.78, 5) is 0. The molecule has 0 aliphatic rings. The van der Waals surface area contributed by atoms with Crippen molar-refractivity contribution in [2.24, 2.45) is 0 Å². The molecule has 1 aromatic carbocycles. The van der Waals surface area contributed by atoms with Gasteiger partial charge in [-0.25, -0.2) is 8.42 Å². The van der Waals surface area contributed by atoms with Gasteiger partial charge in [-0.3, -0.25) is 4.72 Å². The van der Waals surface area contributed by atoms with Gasteiger partial charge in [0.1, 0.15) is 0 Å². The fourth-order valence-electron chi connectivity index (χ4n) is 1.24. The second-order valence-electron chi connectivity index (χ2n) is 3.68. The Morgan fingerprint density at radius 3 is 2.38 bits per heavy atom. The Hall–Kier alpha value is -0.740. The van der Waals surface area contributed by atoms with Crippen LogP contribution in [0.3, 0.4) is 0 Å². The summed E-state index contributed by atoms with van der Waals surface area (Å²) in [5.74, 6) is 0.619. The minimum Gasteiger partial charge on any atom is -0.284 e. The van der Waals surface area contributed by atoms with Crippen LogP contribution in [0.2, 0.25) is 0 Å². The van der Waals surface area contributed by atoms with Crippen LogP contribution in [-0.4, -0.2) is 20.1 Å². The molecule has 16 heavy (non-hydrogen) atoms. The van der Waals surface area contributed by atoms with Gasteiger partial charge in [-0.15, -0.1) is 11.6 Å². The Balaban J connectivity index is 2.55. The Kier molecular flexibility index (Phi) is 5.09. The highest BCUT2D eigenvalue weighted by Gasteiger charge is 2.09. The molecule has 0 saturated carbocycles. The number of anilines is 1. The van der Waals surface area contributed by atoms with Crippen LogP contribution < -0.4 is 4.72 Å². The number of sulfonamides is 1. The monoisotopic (exact) mass is 261 g/mol. The van der Waals surface area contributed by atoms with Crippen molar-refractivity contribution in [3.8, 4) is 0 Å². The third-order valence-corrected chi connectivity index (χ3v) is 3.76. The predicted molar refractivity (Wildman–Crippen MR) is 68.5 cm³/mol. The fraction of sp³-hybridized carbons (Fsp3) is 0.455. The van der Waals surface area contributed by atoms with Crippen molar-refractivity contribution in [2.45, 2.75) is 19.8 Å². The highest BCUT2D eigenvalue weighted by atomic mass is 35.5. The molecular formula is C11H16ClNO2S. The number of hydrogen-bond acceptors (Lipinski definition) is 2. The number of alkyl halides is 1. The molecule has 0 amide bonds. The van der Waals surface area contributed by atoms with Crippen LogP contribution in [0.4, 0.5) is 5.69 Å². The smallest absolute Gasteiger partial charge is 0.232 e. The lowest BCUT2D eigenvalue weighted by atomic mass is 10.2. The molecule has 1 aromatic rings. The molecule has 0 fully saturated rings. The molecule has 1 N–H and O–H groups in total. The summed E-state index contributed by atoms with van der Waals surface area (Å²) >= 11 is 5.49. The summed E-state index contributed by atoms with van der Waals surface area (Å²) < 4.78 is 25.7. The Morgan fingerprint density at radius 1 is 1.19 bits per heavy atom. The van der Waals surface area contributed by atoms with Crippen LogP contribution in [0.15, 0.2) is 24.3 Å². The number of unbranched alkanes of at least 4 members (excludes halogenated alkanes) is 1. The van der Waals surface area contributed by atoms with E-state index in [9.17, 15) is 8.42 Å². The molecule has 0 heterocycles. The van der Waals surface area contributed by atoms with E-state index < -0.39 is 10.0 Å². The minimum atomic E-state index is -3.23. The van der Waals surface area contributed by atoms with Gasteiger partial charge < -0.3 is 0 Å². The predicted octanol–water partition coefficient (Wildman–Crippen LogP) is 2.76. The van der Waals surface area contributed by atoms with Gasteiger partial charge in [0.05, 0.1) is 5.75 Å².